The van der Waals surface area contributed by atoms with Crippen LogP contribution in [0.1, 0.15) is 58.8 Å². The van der Waals surface area contributed by atoms with E-state index in [9.17, 15) is 4.79 Å². The van der Waals surface area contributed by atoms with Crippen molar-refractivity contribution in [3.8, 4) is 0 Å². The van der Waals surface area contributed by atoms with Crippen LogP contribution in [-0.2, 0) is 4.79 Å². The van der Waals surface area contributed by atoms with Gasteiger partial charge in [-0.15, -0.1) is 0 Å². The Labute approximate surface area is 93.9 Å². The molecule has 0 radical (unpaired) electrons. The summed E-state index contributed by atoms with van der Waals surface area (Å²) in [5, 5.41) is 0. The second-order valence-electron chi connectivity index (χ2n) is 4.82. The van der Waals surface area contributed by atoms with E-state index >= 15 is 0 Å². The average molecular weight is 208 g/mol. The van der Waals surface area contributed by atoms with Crippen LogP contribution < -0.4 is 0 Å². The van der Waals surface area contributed by atoms with E-state index in [1.807, 2.05) is 0 Å². The summed E-state index contributed by atoms with van der Waals surface area (Å²) in [6, 6.07) is 0. The summed E-state index contributed by atoms with van der Waals surface area (Å²) in [6.07, 6.45) is 12.6. The normalized spacial score (nSPS) is 23.9. The van der Waals surface area contributed by atoms with Crippen LogP contribution in [0.25, 0.3) is 0 Å². The third-order valence-electron chi connectivity index (χ3n) is 3.29. The van der Waals surface area contributed by atoms with E-state index in [1.165, 1.54) is 25.7 Å². The number of rotatable bonds is 6. The first-order chi connectivity index (χ1) is 7.24. The summed E-state index contributed by atoms with van der Waals surface area (Å²) >= 11 is 0. The number of carbonyl (C=O) groups is 1. The molecule has 1 saturated carbocycles. The number of allylic oxidation sites excluding steroid dienone is 2. The maximum atomic E-state index is 11.4. The Morgan fingerprint density at radius 3 is 2.87 bits per heavy atom. The highest BCUT2D eigenvalue weighted by molar-refractivity contribution is 5.84. The second kappa shape index (κ2) is 6.81. The van der Waals surface area contributed by atoms with Gasteiger partial charge in [0.05, 0.1) is 0 Å². The van der Waals surface area contributed by atoms with Crippen molar-refractivity contribution >= 4 is 5.78 Å². The lowest BCUT2D eigenvalue weighted by Crippen LogP contribution is -2.02. The topological polar surface area (TPSA) is 17.1 Å². The van der Waals surface area contributed by atoms with Gasteiger partial charge in [-0.2, -0.15) is 0 Å². The Morgan fingerprint density at radius 2 is 2.27 bits per heavy atom. The molecule has 0 heterocycles. The van der Waals surface area contributed by atoms with Crippen molar-refractivity contribution in [2.24, 2.45) is 11.8 Å². The fraction of sp³-hybridized carbons (Fsp3) is 0.786. The van der Waals surface area contributed by atoms with Crippen molar-refractivity contribution in [1.29, 1.82) is 0 Å². The van der Waals surface area contributed by atoms with Crippen molar-refractivity contribution in [1.82, 2.24) is 0 Å². The molecule has 15 heavy (non-hydrogen) atoms. The van der Waals surface area contributed by atoms with Gasteiger partial charge in [0.15, 0.2) is 0 Å². The van der Waals surface area contributed by atoms with Gasteiger partial charge in [-0.1, -0.05) is 45.3 Å². The fourth-order valence-electron chi connectivity index (χ4n) is 2.18. The average Bonchev–Trinajstić information content (AvgIpc) is 2.61. The van der Waals surface area contributed by atoms with E-state index < -0.39 is 0 Å². The van der Waals surface area contributed by atoms with Crippen molar-refractivity contribution in [3.63, 3.8) is 0 Å². The lowest BCUT2D eigenvalue weighted by atomic mass is 9.99. The minimum atomic E-state index is 0.249. The number of Topliss-reactive ketones (excluding diaryl/α,β-unsaturated/α-hetero) is 1. The molecule has 86 valence electrons. The molecule has 2 atom stereocenters. The van der Waals surface area contributed by atoms with Gasteiger partial charge in [0.1, 0.15) is 5.78 Å². The molecule has 1 rings (SSSR count). The molecule has 0 aromatic rings. The molecular formula is C14H24O. The molecule has 0 amide bonds. The predicted molar refractivity (Wildman–Crippen MR) is 64.8 cm³/mol. The zero-order valence-electron chi connectivity index (χ0n) is 10.2. The quantitative estimate of drug-likeness (QED) is 0.474. The minimum absolute atomic E-state index is 0.249. The Morgan fingerprint density at radius 1 is 1.47 bits per heavy atom. The minimum Gasteiger partial charge on any atom is -0.299 e. The van der Waals surface area contributed by atoms with E-state index in [1.54, 1.807) is 0 Å². The first kappa shape index (κ1) is 12.5. The standard InChI is InChI=1S/C14H24O/c1-3-4-5-7-12(2)10-11-13-8-6-9-14(13)15/h10-13H,3-9H2,1-2H3/b11-10+/t12-,13+/m1/s1. The molecule has 0 aromatic carbocycles. The number of ketones is 1. The summed E-state index contributed by atoms with van der Waals surface area (Å²) in [5.74, 6) is 1.34. The molecule has 1 fully saturated rings. The highest BCUT2D eigenvalue weighted by Crippen LogP contribution is 2.23. The van der Waals surface area contributed by atoms with Crippen molar-refractivity contribution in [3.05, 3.63) is 12.2 Å². The molecule has 1 aliphatic rings. The Kier molecular flexibility index (Phi) is 5.67. The number of carbonyl (C=O) groups excluding carboxylic acids is 1. The van der Waals surface area contributed by atoms with Crippen LogP contribution in [0.2, 0.25) is 0 Å². The summed E-state index contributed by atoms with van der Waals surface area (Å²) in [4.78, 5) is 11.4. The van der Waals surface area contributed by atoms with Gasteiger partial charge >= 0.3 is 0 Å². The number of hydrogen-bond acceptors (Lipinski definition) is 1. The van der Waals surface area contributed by atoms with Crippen LogP contribution in [0, 0.1) is 11.8 Å². The summed E-state index contributed by atoms with van der Waals surface area (Å²) in [6.45, 7) is 4.49. The lowest BCUT2D eigenvalue weighted by Gasteiger charge is -2.06. The molecular weight excluding hydrogens is 184 g/mol. The van der Waals surface area contributed by atoms with Gasteiger partial charge in [0.25, 0.3) is 0 Å². The van der Waals surface area contributed by atoms with Crippen molar-refractivity contribution < 1.29 is 4.79 Å². The first-order valence-corrected chi connectivity index (χ1v) is 6.45. The number of hydrogen-bond donors (Lipinski definition) is 0. The molecule has 0 aromatic heterocycles. The zero-order chi connectivity index (χ0) is 11.1. The van der Waals surface area contributed by atoms with E-state index in [-0.39, 0.29) is 5.92 Å². The SMILES string of the molecule is CCCCC[C@@H](C)/C=C/[C@@H]1CCCC1=O. The summed E-state index contributed by atoms with van der Waals surface area (Å²) in [7, 11) is 0. The third-order valence-corrected chi connectivity index (χ3v) is 3.29. The molecule has 0 bridgehead atoms. The third kappa shape index (κ3) is 4.63. The van der Waals surface area contributed by atoms with Gasteiger partial charge in [0.2, 0.25) is 0 Å². The Balaban J connectivity index is 2.21. The van der Waals surface area contributed by atoms with Gasteiger partial charge in [-0.25, -0.2) is 0 Å². The lowest BCUT2D eigenvalue weighted by molar-refractivity contribution is -0.119. The molecule has 0 spiro atoms. The highest BCUT2D eigenvalue weighted by atomic mass is 16.1. The smallest absolute Gasteiger partial charge is 0.139 e. The van der Waals surface area contributed by atoms with Crippen LogP contribution in [0.4, 0.5) is 0 Å². The molecule has 1 aliphatic carbocycles. The molecule has 1 nitrogen and oxygen atoms in total. The van der Waals surface area contributed by atoms with Crippen LogP contribution in [-0.4, -0.2) is 5.78 Å². The van der Waals surface area contributed by atoms with E-state index in [2.05, 4.69) is 26.0 Å². The van der Waals surface area contributed by atoms with Crippen molar-refractivity contribution in [2.75, 3.05) is 0 Å². The van der Waals surface area contributed by atoms with Crippen LogP contribution in [0.3, 0.4) is 0 Å². The van der Waals surface area contributed by atoms with E-state index in [0.29, 0.717) is 11.7 Å². The Hall–Kier alpha value is -0.590. The Bertz CT molecular complexity index is 217. The van der Waals surface area contributed by atoms with Gasteiger partial charge in [0, 0.05) is 12.3 Å². The maximum absolute atomic E-state index is 11.4. The monoisotopic (exact) mass is 208 g/mol. The first-order valence-electron chi connectivity index (χ1n) is 6.45. The predicted octanol–water partition coefficient (Wildman–Crippen LogP) is 4.13. The molecule has 0 N–H and O–H groups in total. The van der Waals surface area contributed by atoms with Gasteiger partial charge in [-0.3, -0.25) is 4.79 Å². The van der Waals surface area contributed by atoms with Crippen LogP contribution in [0.15, 0.2) is 12.2 Å². The molecule has 0 unspecified atom stereocenters. The van der Waals surface area contributed by atoms with Crippen LogP contribution >= 0.6 is 0 Å². The van der Waals surface area contributed by atoms with Crippen molar-refractivity contribution in [2.45, 2.75) is 58.8 Å². The van der Waals surface area contributed by atoms with Crippen LogP contribution in [0.5, 0.6) is 0 Å². The molecule has 0 saturated heterocycles. The van der Waals surface area contributed by atoms with Gasteiger partial charge in [-0.05, 0) is 25.2 Å². The summed E-state index contributed by atoms with van der Waals surface area (Å²) < 4.78 is 0. The van der Waals surface area contributed by atoms with Gasteiger partial charge < -0.3 is 0 Å². The largest absolute Gasteiger partial charge is 0.299 e. The van der Waals surface area contributed by atoms with E-state index in [0.717, 1.165) is 19.3 Å². The maximum Gasteiger partial charge on any atom is 0.139 e. The second-order valence-corrected chi connectivity index (χ2v) is 4.82. The van der Waals surface area contributed by atoms with E-state index in [4.69, 9.17) is 0 Å². The molecule has 0 aliphatic heterocycles. The molecule has 1 heteroatoms. The summed E-state index contributed by atoms with van der Waals surface area (Å²) in [5.41, 5.74) is 0. The fourth-order valence-corrected chi connectivity index (χ4v) is 2.18. The number of unbranched alkanes of at least 4 members (excludes halogenated alkanes) is 2. The highest BCUT2D eigenvalue weighted by Gasteiger charge is 2.21. The zero-order valence-corrected chi connectivity index (χ0v) is 10.2.